The fourth-order valence-corrected chi connectivity index (χ4v) is 1.71. The van der Waals surface area contributed by atoms with E-state index in [4.69, 9.17) is 0 Å². The third kappa shape index (κ3) is 1.89. The zero-order chi connectivity index (χ0) is 9.31. The molecule has 0 bridgehead atoms. The number of hydrogen-bond acceptors (Lipinski definition) is 2. The molecule has 2 rings (SSSR count). The topological polar surface area (TPSA) is 33.1 Å². The molecule has 1 aliphatic carbocycles. The second-order valence-electron chi connectivity index (χ2n) is 4.03. The molecule has 0 aromatic carbocycles. The smallest absolute Gasteiger partial charge is 0.0681 e. The maximum atomic E-state index is 9.83. The molecule has 0 radical (unpaired) electrons. The van der Waals surface area contributed by atoms with Crippen LogP contribution in [0.25, 0.3) is 0 Å². The zero-order valence-electron chi connectivity index (χ0n) is 7.90. The Balaban J connectivity index is 1.87. The van der Waals surface area contributed by atoms with Crippen LogP contribution in [0.5, 0.6) is 0 Å². The van der Waals surface area contributed by atoms with Crippen molar-refractivity contribution >= 4 is 0 Å². The number of nitrogens with zero attached hydrogens (tertiary/aromatic N) is 1. The first-order chi connectivity index (χ1) is 6.21. The lowest BCUT2D eigenvalue weighted by atomic mass is 10.1. The molecular weight excluding hydrogens is 162 g/mol. The molecule has 2 nitrogen and oxygen atoms in total. The molecule has 70 valence electrons. The van der Waals surface area contributed by atoms with E-state index in [2.05, 4.69) is 11.9 Å². The minimum Gasteiger partial charge on any atom is -0.390 e. The van der Waals surface area contributed by atoms with E-state index in [0.29, 0.717) is 5.92 Å². The van der Waals surface area contributed by atoms with Gasteiger partial charge in [0, 0.05) is 11.9 Å². The summed E-state index contributed by atoms with van der Waals surface area (Å²) in [6.45, 7) is 2.10. The number of pyridine rings is 1. The van der Waals surface area contributed by atoms with Gasteiger partial charge in [-0.25, -0.2) is 0 Å². The van der Waals surface area contributed by atoms with Gasteiger partial charge >= 0.3 is 0 Å². The van der Waals surface area contributed by atoms with Gasteiger partial charge in [0.25, 0.3) is 0 Å². The molecule has 0 amide bonds. The summed E-state index contributed by atoms with van der Waals surface area (Å²) in [5.41, 5.74) is 0.701. The van der Waals surface area contributed by atoms with E-state index in [1.165, 1.54) is 0 Å². The summed E-state index contributed by atoms with van der Waals surface area (Å²) in [7, 11) is 0. The number of hydrogen-bond donors (Lipinski definition) is 1. The first kappa shape index (κ1) is 8.70. The average Bonchev–Trinajstić information content (AvgIpc) is 2.74. The molecule has 1 N–H and O–H groups in total. The Morgan fingerprint density at radius 3 is 2.92 bits per heavy atom. The van der Waals surface area contributed by atoms with Crippen LogP contribution >= 0.6 is 0 Å². The Kier molecular flexibility index (Phi) is 2.08. The Hall–Kier alpha value is -0.890. The van der Waals surface area contributed by atoms with Crippen molar-refractivity contribution in [1.82, 2.24) is 4.98 Å². The molecule has 0 aliphatic heterocycles. The van der Waals surface area contributed by atoms with Crippen LogP contribution in [0, 0.1) is 5.92 Å². The highest BCUT2D eigenvalue weighted by molar-refractivity contribution is 5.07. The molecule has 1 aromatic heterocycles. The van der Waals surface area contributed by atoms with Crippen molar-refractivity contribution in [3.8, 4) is 0 Å². The van der Waals surface area contributed by atoms with E-state index in [0.717, 1.165) is 25.0 Å². The molecule has 1 aliphatic rings. The van der Waals surface area contributed by atoms with E-state index in [1.807, 2.05) is 18.2 Å². The van der Waals surface area contributed by atoms with Crippen molar-refractivity contribution in [2.45, 2.75) is 31.8 Å². The molecule has 13 heavy (non-hydrogen) atoms. The Morgan fingerprint density at radius 2 is 2.38 bits per heavy atom. The van der Waals surface area contributed by atoms with Gasteiger partial charge in [0.15, 0.2) is 0 Å². The van der Waals surface area contributed by atoms with Gasteiger partial charge in [0.2, 0.25) is 0 Å². The van der Waals surface area contributed by atoms with Crippen molar-refractivity contribution in [3.05, 3.63) is 30.1 Å². The first-order valence-corrected chi connectivity index (χ1v) is 4.83. The van der Waals surface area contributed by atoms with Crippen LogP contribution in [0.1, 0.15) is 25.5 Å². The van der Waals surface area contributed by atoms with Gasteiger partial charge in [-0.15, -0.1) is 0 Å². The largest absolute Gasteiger partial charge is 0.390 e. The molecule has 2 atom stereocenters. The second kappa shape index (κ2) is 3.11. The maximum Gasteiger partial charge on any atom is 0.0681 e. The van der Waals surface area contributed by atoms with Gasteiger partial charge in [0.05, 0.1) is 5.60 Å². The zero-order valence-corrected chi connectivity index (χ0v) is 7.90. The van der Waals surface area contributed by atoms with Crippen molar-refractivity contribution in [2.24, 2.45) is 5.92 Å². The van der Waals surface area contributed by atoms with Crippen LogP contribution in [0.4, 0.5) is 0 Å². The highest BCUT2D eigenvalue weighted by Gasteiger charge is 2.48. The Bertz CT molecular complexity index is 285. The van der Waals surface area contributed by atoms with E-state index < -0.39 is 0 Å². The quantitative estimate of drug-likeness (QED) is 0.763. The summed E-state index contributed by atoms with van der Waals surface area (Å²) >= 11 is 0. The Morgan fingerprint density at radius 1 is 1.62 bits per heavy atom. The van der Waals surface area contributed by atoms with Crippen LogP contribution in [0.2, 0.25) is 0 Å². The van der Waals surface area contributed by atoms with Crippen LogP contribution in [-0.4, -0.2) is 15.7 Å². The summed E-state index contributed by atoms with van der Waals surface area (Å²) in [4.78, 5) is 4.22. The number of rotatable bonds is 3. The van der Waals surface area contributed by atoms with E-state index in [1.54, 1.807) is 6.20 Å². The molecule has 1 heterocycles. The van der Waals surface area contributed by atoms with E-state index >= 15 is 0 Å². The van der Waals surface area contributed by atoms with Crippen molar-refractivity contribution in [3.63, 3.8) is 0 Å². The second-order valence-corrected chi connectivity index (χ2v) is 4.03. The summed E-state index contributed by atoms with van der Waals surface area (Å²) < 4.78 is 0. The first-order valence-electron chi connectivity index (χ1n) is 4.83. The van der Waals surface area contributed by atoms with Crippen LogP contribution in [0.3, 0.4) is 0 Å². The van der Waals surface area contributed by atoms with Crippen LogP contribution in [0.15, 0.2) is 24.4 Å². The number of aryl methyl sites for hydroxylation is 1. The third-order valence-corrected chi connectivity index (χ3v) is 2.96. The van der Waals surface area contributed by atoms with Gasteiger partial charge in [-0.05, 0) is 37.3 Å². The molecular formula is C11H15NO. The molecule has 0 saturated heterocycles. The predicted octanol–water partition coefficient (Wildman–Crippen LogP) is 1.79. The van der Waals surface area contributed by atoms with Gasteiger partial charge in [0.1, 0.15) is 0 Å². The SMILES string of the molecule is CC1CC1(O)CCc1ccccn1. The fourth-order valence-electron chi connectivity index (χ4n) is 1.71. The molecule has 2 heteroatoms. The van der Waals surface area contributed by atoms with Crippen molar-refractivity contribution in [1.29, 1.82) is 0 Å². The molecule has 1 aromatic rings. The molecule has 1 saturated carbocycles. The van der Waals surface area contributed by atoms with E-state index in [9.17, 15) is 5.11 Å². The van der Waals surface area contributed by atoms with Gasteiger partial charge in [-0.3, -0.25) is 4.98 Å². The average molecular weight is 177 g/mol. The van der Waals surface area contributed by atoms with E-state index in [-0.39, 0.29) is 5.60 Å². The lowest BCUT2D eigenvalue weighted by molar-refractivity contribution is 0.124. The third-order valence-electron chi connectivity index (χ3n) is 2.96. The van der Waals surface area contributed by atoms with Crippen LogP contribution < -0.4 is 0 Å². The van der Waals surface area contributed by atoms with Gasteiger partial charge in [-0.2, -0.15) is 0 Å². The lowest BCUT2D eigenvalue weighted by Crippen LogP contribution is -2.11. The van der Waals surface area contributed by atoms with Gasteiger partial charge in [-0.1, -0.05) is 13.0 Å². The summed E-state index contributed by atoms with van der Waals surface area (Å²) in [5.74, 6) is 0.483. The van der Waals surface area contributed by atoms with Crippen molar-refractivity contribution in [2.75, 3.05) is 0 Å². The Labute approximate surface area is 78.6 Å². The number of aliphatic hydroxyl groups is 1. The van der Waals surface area contributed by atoms with Crippen LogP contribution in [-0.2, 0) is 6.42 Å². The highest BCUT2D eigenvalue weighted by Crippen LogP contribution is 2.45. The molecule has 0 spiro atoms. The van der Waals surface area contributed by atoms with Gasteiger partial charge < -0.3 is 5.11 Å². The summed E-state index contributed by atoms with van der Waals surface area (Å²) in [6, 6.07) is 5.91. The summed E-state index contributed by atoms with van der Waals surface area (Å²) in [5, 5.41) is 9.83. The predicted molar refractivity (Wildman–Crippen MR) is 51.3 cm³/mol. The monoisotopic (exact) mass is 177 g/mol. The molecule has 1 fully saturated rings. The highest BCUT2D eigenvalue weighted by atomic mass is 16.3. The summed E-state index contributed by atoms with van der Waals surface area (Å²) in [6.07, 6.45) is 4.50. The molecule has 2 unspecified atom stereocenters. The fraction of sp³-hybridized carbons (Fsp3) is 0.545. The standard InChI is InChI=1S/C11H15NO/c1-9-8-11(9,13)6-5-10-4-2-3-7-12-10/h2-4,7,9,13H,5-6,8H2,1H3. The normalized spacial score (nSPS) is 31.7. The minimum absolute atomic E-state index is 0.377. The number of aromatic nitrogens is 1. The maximum absolute atomic E-state index is 9.83. The minimum atomic E-state index is -0.377. The lowest BCUT2D eigenvalue weighted by Gasteiger charge is -2.07. The van der Waals surface area contributed by atoms with Crippen molar-refractivity contribution < 1.29 is 5.11 Å².